The van der Waals surface area contributed by atoms with Crippen LogP contribution in [0.2, 0.25) is 0 Å². The van der Waals surface area contributed by atoms with Gasteiger partial charge in [0, 0.05) is 19.8 Å². The van der Waals surface area contributed by atoms with Crippen molar-refractivity contribution < 1.29 is 23.1 Å². The van der Waals surface area contributed by atoms with Crippen LogP contribution in [-0.2, 0) is 20.4 Å². The number of hydrogen-bond acceptors (Lipinski definition) is 5. The van der Waals surface area contributed by atoms with Gasteiger partial charge >= 0.3 is 13.7 Å². The number of hydrogen-bond donors (Lipinski definition) is 0. The van der Waals surface area contributed by atoms with Crippen molar-refractivity contribution in [1.82, 2.24) is 0 Å². The summed E-state index contributed by atoms with van der Waals surface area (Å²) in [5.41, 5.74) is 1.97. The van der Waals surface area contributed by atoms with Gasteiger partial charge in [0.2, 0.25) is 0 Å². The molecule has 0 bridgehead atoms. The predicted octanol–water partition coefficient (Wildman–Crippen LogP) is 5.31. The first-order valence-electron chi connectivity index (χ1n) is 8.97. The molecule has 0 spiro atoms. The molecule has 0 saturated carbocycles. The summed E-state index contributed by atoms with van der Waals surface area (Å²) in [7, 11) is -0.647. The number of nitrogens with zero attached hydrogens (tertiary/aromatic N) is 1. The lowest BCUT2D eigenvalue weighted by molar-refractivity contribution is 0.0472. The maximum Gasteiger partial charge on any atom is 0.488 e. The molecule has 3 aromatic rings. The first-order chi connectivity index (χ1) is 14.0. The number of esters is 1. The SMILES string of the molecule is COP(=O)(Oc1ccc(C(=O)OCc2ccccc2)cc1)N(C)c1ccccc1. The Labute approximate surface area is 170 Å². The van der Waals surface area contributed by atoms with Crippen LogP contribution in [0.25, 0.3) is 0 Å². The molecule has 0 aliphatic heterocycles. The summed E-state index contributed by atoms with van der Waals surface area (Å²) in [4.78, 5) is 12.2. The Hall–Kier alpha value is -3.08. The summed E-state index contributed by atoms with van der Waals surface area (Å²) in [5, 5.41) is 0. The number of rotatable bonds is 8. The molecule has 0 N–H and O–H groups in total. The molecular weight excluding hydrogens is 389 g/mol. The molecule has 150 valence electrons. The van der Waals surface area contributed by atoms with Gasteiger partial charge in [-0.15, -0.1) is 0 Å². The fourth-order valence-corrected chi connectivity index (χ4v) is 3.84. The Balaban J connectivity index is 1.65. The van der Waals surface area contributed by atoms with Gasteiger partial charge in [-0.25, -0.2) is 9.36 Å². The van der Waals surface area contributed by atoms with E-state index in [9.17, 15) is 9.36 Å². The summed E-state index contributed by atoms with van der Waals surface area (Å²) in [6.45, 7) is 0.193. The van der Waals surface area contributed by atoms with Crippen molar-refractivity contribution in [1.29, 1.82) is 0 Å². The van der Waals surface area contributed by atoms with Crippen LogP contribution in [0.15, 0.2) is 84.9 Å². The van der Waals surface area contributed by atoms with Crippen LogP contribution in [0.1, 0.15) is 15.9 Å². The minimum absolute atomic E-state index is 0.193. The van der Waals surface area contributed by atoms with Crippen molar-refractivity contribution in [2.24, 2.45) is 0 Å². The number of ether oxygens (including phenoxy) is 1. The van der Waals surface area contributed by atoms with Crippen LogP contribution in [0.5, 0.6) is 5.75 Å². The second-order valence-electron chi connectivity index (χ2n) is 6.19. The van der Waals surface area contributed by atoms with E-state index in [4.69, 9.17) is 13.8 Å². The highest BCUT2D eigenvalue weighted by Gasteiger charge is 2.31. The number of carbonyl (C=O) groups excluding carboxylic acids is 1. The smallest absolute Gasteiger partial charge is 0.457 e. The second-order valence-corrected chi connectivity index (χ2v) is 8.27. The topological polar surface area (TPSA) is 65.1 Å². The summed E-state index contributed by atoms with van der Waals surface area (Å²) < 4.78 is 30.7. The number of carbonyl (C=O) groups is 1. The van der Waals surface area contributed by atoms with Crippen LogP contribution in [0.3, 0.4) is 0 Å². The van der Waals surface area contributed by atoms with E-state index in [1.807, 2.05) is 48.5 Å². The van der Waals surface area contributed by atoms with Crippen molar-refractivity contribution in [3.63, 3.8) is 0 Å². The first kappa shape index (κ1) is 20.6. The molecule has 6 nitrogen and oxygen atoms in total. The Kier molecular flexibility index (Phi) is 6.70. The summed E-state index contributed by atoms with van der Waals surface area (Å²) in [6, 6.07) is 24.8. The van der Waals surface area contributed by atoms with Gasteiger partial charge in [0.1, 0.15) is 12.4 Å². The van der Waals surface area contributed by atoms with Gasteiger partial charge in [-0.1, -0.05) is 48.5 Å². The van der Waals surface area contributed by atoms with Crippen LogP contribution in [0, 0.1) is 0 Å². The second kappa shape index (κ2) is 9.41. The maximum absolute atomic E-state index is 13.1. The lowest BCUT2D eigenvalue weighted by Gasteiger charge is -2.27. The Bertz CT molecular complexity index is 977. The normalized spacial score (nSPS) is 12.6. The summed E-state index contributed by atoms with van der Waals surface area (Å²) in [6.07, 6.45) is 0. The molecule has 0 amide bonds. The molecule has 7 heteroatoms. The van der Waals surface area contributed by atoms with E-state index >= 15 is 0 Å². The average Bonchev–Trinajstić information content (AvgIpc) is 2.78. The predicted molar refractivity (Wildman–Crippen MR) is 112 cm³/mol. The van der Waals surface area contributed by atoms with Gasteiger partial charge in [0.05, 0.1) is 5.56 Å². The molecule has 0 saturated heterocycles. The molecule has 0 aromatic heterocycles. The third-order valence-electron chi connectivity index (χ3n) is 4.25. The Morgan fingerprint density at radius 3 is 2.07 bits per heavy atom. The molecule has 1 unspecified atom stereocenters. The van der Waals surface area contributed by atoms with Gasteiger partial charge in [-0.05, 0) is 42.0 Å². The van der Waals surface area contributed by atoms with Gasteiger partial charge in [0.15, 0.2) is 0 Å². The third kappa shape index (κ3) is 5.25. The zero-order valence-corrected chi connectivity index (χ0v) is 17.1. The standard InChI is InChI=1S/C22H22NO5P/c1-23(20-11-7-4-8-12-20)29(25,26-2)28-21-15-13-19(14-16-21)22(24)27-17-18-9-5-3-6-10-18/h3-16H,17H2,1-2H3. The number of benzene rings is 3. The molecule has 0 aliphatic carbocycles. The van der Waals surface area contributed by atoms with Crippen LogP contribution in [0.4, 0.5) is 5.69 Å². The zero-order valence-electron chi connectivity index (χ0n) is 16.2. The highest BCUT2D eigenvalue weighted by molar-refractivity contribution is 7.56. The monoisotopic (exact) mass is 411 g/mol. The summed E-state index contributed by atoms with van der Waals surface area (Å²) >= 11 is 0. The summed E-state index contributed by atoms with van der Waals surface area (Å²) in [5.74, 6) is -0.130. The van der Waals surface area contributed by atoms with Crippen molar-refractivity contribution in [3.05, 3.63) is 96.1 Å². The molecule has 1 atom stereocenters. The molecule has 3 rings (SSSR count). The van der Waals surface area contributed by atoms with E-state index in [0.29, 0.717) is 17.0 Å². The van der Waals surface area contributed by atoms with Crippen molar-refractivity contribution in [2.45, 2.75) is 6.61 Å². The van der Waals surface area contributed by atoms with Gasteiger partial charge < -0.3 is 9.26 Å². The first-order valence-corrected chi connectivity index (χ1v) is 10.5. The third-order valence-corrected chi connectivity index (χ3v) is 6.12. The molecule has 0 fully saturated rings. The van der Waals surface area contributed by atoms with Gasteiger partial charge in [-0.3, -0.25) is 9.19 Å². The largest absolute Gasteiger partial charge is 0.488 e. The van der Waals surface area contributed by atoms with E-state index in [1.54, 1.807) is 43.4 Å². The number of para-hydroxylation sites is 1. The molecule has 3 aromatic carbocycles. The highest BCUT2D eigenvalue weighted by atomic mass is 31.2. The van der Waals surface area contributed by atoms with E-state index < -0.39 is 13.7 Å². The Morgan fingerprint density at radius 2 is 1.48 bits per heavy atom. The van der Waals surface area contributed by atoms with E-state index in [1.165, 1.54) is 11.8 Å². The molecule has 29 heavy (non-hydrogen) atoms. The Morgan fingerprint density at radius 1 is 0.897 bits per heavy atom. The number of anilines is 1. The van der Waals surface area contributed by atoms with Crippen LogP contribution >= 0.6 is 7.75 Å². The van der Waals surface area contributed by atoms with E-state index in [2.05, 4.69) is 0 Å². The highest BCUT2D eigenvalue weighted by Crippen LogP contribution is 2.52. The maximum atomic E-state index is 13.1. The minimum atomic E-state index is -3.61. The van der Waals surface area contributed by atoms with Gasteiger partial charge in [0.25, 0.3) is 0 Å². The lowest BCUT2D eigenvalue weighted by Crippen LogP contribution is -2.18. The fraction of sp³-hybridized carbons (Fsp3) is 0.136. The fourth-order valence-electron chi connectivity index (χ4n) is 2.60. The molecule has 0 radical (unpaired) electrons. The average molecular weight is 411 g/mol. The molecule has 0 heterocycles. The van der Waals surface area contributed by atoms with Gasteiger partial charge in [-0.2, -0.15) is 0 Å². The van der Waals surface area contributed by atoms with Crippen LogP contribution in [-0.4, -0.2) is 20.1 Å². The van der Waals surface area contributed by atoms with Crippen molar-refractivity contribution in [3.8, 4) is 5.75 Å². The zero-order chi connectivity index (χ0) is 20.7. The minimum Gasteiger partial charge on any atom is -0.457 e. The molecule has 0 aliphatic rings. The quantitative estimate of drug-likeness (QED) is 0.370. The van der Waals surface area contributed by atoms with Crippen LogP contribution < -0.4 is 9.19 Å². The van der Waals surface area contributed by atoms with Crippen molar-refractivity contribution >= 4 is 19.4 Å². The lowest BCUT2D eigenvalue weighted by atomic mass is 10.2. The molecular formula is C22H22NO5P. The van der Waals surface area contributed by atoms with E-state index in [-0.39, 0.29) is 6.61 Å². The van der Waals surface area contributed by atoms with Crippen molar-refractivity contribution in [2.75, 3.05) is 18.8 Å². The van der Waals surface area contributed by atoms with E-state index in [0.717, 1.165) is 5.56 Å².